The highest BCUT2D eigenvalue weighted by Gasteiger charge is 2.61. The maximum absolute atomic E-state index is 7.35. The minimum atomic E-state index is -2.21. The highest BCUT2D eigenvalue weighted by molar-refractivity contribution is 6.74. The van der Waals surface area contributed by atoms with Crippen LogP contribution in [0.4, 0.5) is 0 Å². The number of ether oxygens (including phenoxy) is 6. The molecule has 2 bridgehead atoms. The lowest BCUT2D eigenvalue weighted by Gasteiger charge is -2.46. The maximum Gasteiger partial charge on any atom is 0.192 e. The number of hydrogen-bond donors (Lipinski definition) is 0. The Morgan fingerprint density at radius 3 is 2.04 bits per heavy atom. The average Bonchev–Trinajstić information content (AvgIpc) is 3.51. The van der Waals surface area contributed by atoms with Gasteiger partial charge in [-0.25, -0.2) is 0 Å². The Bertz CT molecular complexity index is 1460. The number of methoxy groups -OCH3 is 1. The fourth-order valence-electron chi connectivity index (χ4n) is 7.15. The first-order valence-corrected chi connectivity index (χ1v) is 25.1. The number of hydrogen-bond acceptors (Lipinski definition) is 8. The molecule has 2 aromatic rings. The Morgan fingerprint density at radius 1 is 0.788 bits per heavy atom. The summed E-state index contributed by atoms with van der Waals surface area (Å²) < 4.78 is 53.9. The molecule has 3 heterocycles. The van der Waals surface area contributed by atoms with E-state index in [1.54, 1.807) is 7.11 Å². The molecular weight excluding hydrogens is 689 g/mol. The molecule has 3 fully saturated rings. The van der Waals surface area contributed by atoms with E-state index in [4.69, 9.17) is 37.3 Å². The Balaban J connectivity index is 1.43. The summed E-state index contributed by atoms with van der Waals surface area (Å²) in [6.45, 7) is 29.1. The van der Waals surface area contributed by atoms with Crippen LogP contribution in [0.1, 0.15) is 92.2 Å². The topological polar surface area (TPSA) is 73.8 Å². The van der Waals surface area contributed by atoms with Crippen molar-refractivity contribution in [3.63, 3.8) is 0 Å². The molecule has 5 rings (SSSR count). The largest absolute Gasteiger partial charge is 0.497 e. The van der Waals surface area contributed by atoms with Crippen LogP contribution in [0.25, 0.3) is 0 Å². The van der Waals surface area contributed by atoms with E-state index in [9.17, 15) is 0 Å². The molecule has 52 heavy (non-hydrogen) atoms. The lowest BCUT2D eigenvalue weighted by molar-refractivity contribution is -0.343. The van der Waals surface area contributed by atoms with Gasteiger partial charge in [-0.2, -0.15) is 0 Å². The van der Waals surface area contributed by atoms with Gasteiger partial charge in [-0.1, -0.05) is 84.0 Å². The van der Waals surface area contributed by atoms with Gasteiger partial charge in [0.05, 0.1) is 50.3 Å². The monoisotopic (exact) mass is 756 g/mol. The number of rotatable bonds is 15. The summed E-state index contributed by atoms with van der Waals surface area (Å²) >= 11 is 0. The summed E-state index contributed by atoms with van der Waals surface area (Å²) in [5, 5.41) is 0.0866. The van der Waals surface area contributed by atoms with Gasteiger partial charge in [-0.3, -0.25) is 0 Å². The van der Waals surface area contributed by atoms with E-state index >= 15 is 0 Å². The van der Waals surface area contributed by atoms with Gasteiger partial charge in [-0.05, 0) is 79.8 Å². The van der Waals surface area contributed by atoms with Crippen LogP contribution in [0.3, 0.4) is 0 Å². The first-order chi connectivity index (χ1) is 24.1. The van der Waals surface area contributed by atoms with Crippen LogP contribution in [0, 0.1) is 0 Å². The second-order valence-corrected chi connectivity index (χ2v) is 28.6. The van der Waals surface area contributed by atoms with E-state index < -0.39 is 28.0 Å². The Morgan fingerprint density at radius 2 is 1.42 bits per heavy atom. The third-order valence-electron chi connectivity index (χ3n) is 12.6. The first kappa shape index (κ1) is 41.6. The molecule has 292 valence electrons. The third-order valence-corrected chi connectivity index (χ3v) is 21.6. The summed E-state index contributed by atoms with van der Waals surface area (Å²) in [7, 11) is -2.62. The Hall–Kier alpha value is -1.61. The predicted molar refractivity (Wildman–Crippen MR) is 212 cm³/mol. The number of benzene rings is 2. The van der Waals surface area contributed by atoms with E-state index in [0.29, 0.717) is 32.8 Å². The van der Waals surface area contributed by atoms with Gasteiger partial charge in [-0.15, -0.1) is 0 Å². The van der Waals surface area contributed by atoms with Gasteiger partial charge in [0.25, 0.3) is 0 Å². The fourth-order valence-corrected chi connectivity index (χ4v) is 9.48. The molecule has 0 unspecified atom stereocenters. The summed E-state index contributed by atoms with van der Waals surface area (Å²) in [4.78, 5) is 0. The van der Waals surface area contributed by atoms with E-state index in [2.05, 4.69) is 106 Å². The number of fused-ring (bicyclic) bond motifs is 2. The molecule has 0 radical (unpaired) electrons. The van der Waals surface area contributed by atoms with Crippen molar-refractivity contribution in [2.45, 2.75) is 172 Å². The van der Waals surface area contributed by atoms with Gasteiger partial charge in [0.15, 0.2) is 22.4 Å². The highest BCUT2D eigenvalue weighted by Crippen LogP contribution is 2.52. The smallest absolute Gasteiger partial charge is 0.192 e. The predicted octanol–water partition coefficient (Wildman–Crippen LogP) is 9.81. The van der Waals surface area contributed by atoms with Crippen LogP contribution in [0.2, 0.25) is 36.3 Å². The van der Waals surface area contributed by atoms with Crippen molar-refractivity contribution < 1.29 is 37.3 Å². The molecule has 10 heteroatoms. The fraction of sp³-hybridized carbons (Fsp3) is 0.714. The first-order valence-electron chi connectivity index (χ1n) is 19.3. The molecular formula is C42H68O8Si2. The van der Waals surface area contributed by atoms with Gasteiger partial charge in [0, 0.05) is 19.3 Å². The van der Waals surface area contributed by atoms with Crippen molar-refractivity contribution in [1.29, 1.82) is 0 Å². The van der Waals surface area contributed by atoms with Gasteiger partial charge < -0.3 is 37.3 Å². The zero-order chi connectivity index (χ0) is 38.2. The van der Waals surface area contributed by atoms with Crippen LogP contribution >= 0.6 is 0 Å². The molecule has 2 aromatic carbocycles. The Labute approximate surface area is 316 Å². The maximum atomic E-state index is 7.35. The standard InChI is InChI=1S/C42H68O8Si2/c1-38(2,3)51(10,11)46-29-36(45-28-32-19-21-33(43-9)22-20-32)41(8)26-35(49-52(12,13)39(4,5)6)37(48-41)34-25-40(7)23-24-42(47-34,50-40)30-44-27-31-17-15-14-16-18-31/h14-22,34-37H,23-30H2,1-13H3/t34-,35-,36+,37-,40+,41-,42+/m1/s1. The zero-order valence-corrected chi connectivity index (χ0v) is 36.4. The molecule has 7 atom stereocenters. The second kappa shape index (κ2) is 15.5. The minimum absolute atomic E-state index is 0.0281. The normalized spacial score (nSPS) is 30.4. The minimum Gasteiger partial charge on any atom is -0.497 e. The van der Waals surface area contributed by atoms with Crippen LogP contribution < -0.4 is 4.74 Å². The van der Waals surface area contributed by atoms with E-state index in [1.807, 2.05) is 30.3 Å². The molecule has 0 saturated carbocycles. The van der Waals surface area contributed by atoms with Crippen molar-refractivity contribution >= 4 is 16.6 Å². The molecule has 8 nitrogen and oxygen atoms in total. The van der Waals surface area contributed by atoms with Crippen molar-refractivity contribution in [2.75, 3.05) is 20.3 Å². The van der Waals surface area contributed by atoms with Crippen molar-refractivity contribution in [1.82, 2.24) is 0 Å². The SMILES string of the molecule is COc1ccc(CO[C@@H](CO[Si](C)(C)C(C)(C)C)[C@@]2(C)C[C@@H](O[Si](C)(C)C(C)(C)C)[C@@H]([C@H]3C[C@]4(C)CC[C@](COCc5ccccc5)(O3)O4)O2)cc1. The van der Waals surface area contributed by atoms with Crippen LogP contribution in [-0.2, 0) is 45.8 Å². The van der Waals surface area contributed by atoms with Gasteiger partial charge in [0.1, 0.15) is 24.6 Å². The average molecular weight is 757 g/mol. The quantitative estimate of drug-likeness (QED) is 0.166. The van der Waals surface area contributed by atoms with Crippen LogP contribution in [0.15, 0.2) is 54.6 Å². The third kappa shape index (κ3) is 9.60. The molecule has 0 spiro atoms. The van der Waals surface area contributed by atoms with Crippen LogP contribution in [-0.4, -0.2) is 78.4 Å². The van der Waals surface area contributed by atoms with Crippen LogP contribution in [0.5, 0.6) is 5.75 Å². The van der Waals surface area contributed by atoms with E-state index in [-0.39, 0.29) is 40.1 Å². The van der Waals surface area contributed by atoms with E-state index in [0.717, 1.165) is 36.1 Å². The van der Waals surface area contributed by atoms with Gasteiger partial charge >= 0.3 is 0 Å². The summed E-state index contributed by atoms with van der Waals surface area (Å²) in [5.74, 6) is -0.00469. The molecule has 3 aliphatic heterocycles. The van der Waals surface area contributed by atoms with Crippen molar-refractivity contribution in [2.24, 2.45) is 0 Å². The van der Waals surface area contributed by atoms with Crippen molar-refractivity contribution in [3.05, 3.63) is 65.7 Å². The molecule has 0 aliphatic carbocycles. The molecule has 0 aromatic heterocycles. The molecule has 0 amide bonds. The second-order valence-electron chi connectivity index (χ2n) is 19.0. The zero-order valence-electron chi connectivity index (χ0n) is 34.4. The molecule has 0 N–H and O–H groups in total. The van der Waals surface area contributed by atoms with Gasteiger partial charge in [0.2, 0.25) is 0 Å². The van der Waals surface area contributed by atoms with E-state index in [1.165, 1.54) is 0 Å². The molecule has 3 saturated heterocycles. The highest BCUT2D eigenvalue weighted by atomic mass is 28.4. The summed E-state index contributed by atoms with van der Waals surface area (Å²) in [5.41, 5.74) is 1.18. The summed E-state index contributed by atoms with van der Waals surface area (Å²) in [6, 6.07) is 18.3. The lowest BCUT2D eigenvalue weighted by Crippen LogP contribution is -2.56. The summed E-state index contributed by atoms with van der Waals surface area (Å²) in [6.07, 6.45) is 2.02. The lowest BCUT2D eigenvalue weighted by atomic mass is 9.90. The Kier molecular flexibility index (Phi) is 12.4. The van der Waals surface area contributed by atoms with Crippen molar-refractivity contribution in [3.8, 4) is 5.75 Å². The molecule has 3 aliphatic rings.